The highest BCUT2D eigenvalue weighted by atomic mass is 16.3. The van der Waals surface area contributed by atoms with Crippen LogP contribution < -0.4 is 16.0 Å². The number of carbonyl (C=O) groups excluding carboxylic acids is 12. The Morgan fingerprint density at radius 1 is 0.412 bits per heavy atom. The lowest BCUT2D eigenvalue weighted by atomic mass is 9.97. The number of aliphatic hydroxyl groups is 1. The van der Waals surface area contributed by atoms with E-state index in [4.69, 9.17) is 0 Å². The third-order valence-electron chi connectivity index (χ3n) is 19.0. The van der Waals surface area contributed by atoms with Crippen LogP contribution in [0.4, 0.5) is 0 Å². The van der Waals surface area contributed by atoms with Crippen molar-refractivity contribution in [3.8, 4) is 0 Å². The number of benzene rings is 2. The van der Waals surface area contributed by atoms with Gasteiger partial charge < -0.3 is 65.2 Å². The van der Waals surface area contributed by atoms with E-state index in [1.54, 1.807) is 65.6 Å². The van der Waals surface area contributed by atoms with E-state index in [9.17, 15) is 43.5 Å². The van der Waals surface area contributed by atoms with Gasteiger partial charge in [0.1, 0.15) is 66.5 Å². The van der Waals surface area contributed by atoms with Crippen LogP contribution in [-0.4, -0.2) is 262 Å². The lowest BCUT2D eigenvalue weighted by Gasteiger charge is -2.39. The van der Waals surface area contributed by atoms with E-state index < -0.39 is 150 Å². The first-order chi connectivity index (χ1) is 45.3. The fourth-order valence-corrected chi connectivity index (χ4v) is 12.6. The Bertz CT molecular complexity index is 3030. The van der Waals surface area contributed by atoms with Gasteiger partial charge in [0, 0.05) is 82.3 Å². The van der Waals surface area contributed by atoms with Crippen LogP contribution in [0.15, 0.2) is 60.7 Å². The van der Waals surface area contributed by atoms with Crippen molar-refractivity contribution in [1.82, 2.24) is 60.0 Å². The van der Waals surface area contributed by atoms with Crippen LogP contribution in [0, 0.1) is 23.7 Å². The molecule has 0 aromatic heterocycles. The molecule has 0 radical (unpaired) electrons. The van der Waals surface area contributed by atoms with Gasteiger partial charge in [-0.15, -0.1) is 0 Å². The van der Waals surface area contributed by atoms with E-state index in [0.29, 0.717) is 37.1 Å². The van der Waals surface area contributed by atoms with Gasteiger partial charge in [0.2, 0.25) is 70.9 Å². The molecule has 4 rings (SSSR count). The number of nitrogens with zero attached hydrogens (tertiary/aromatic N) is 9. The van der Waals surface area contributed by atoms with Gasteiger partial charge in [-0.05, 0) is 107 Å². The second-order valence-electron chi connectivity index (χ2n) is 28.6. The van der Waals surface area contributed by atoms with Gasteiger partial charge in [-0.25, -0.2) is 0 Å². The van der Waals surface area contributed by atoms with Crippen LogP contribution in [-0.2, 0) is 70.4 Å². The molecule has 2 aromatic rings. The van der Waals surface area contributed by atoms with E-state index in [-0.39, 0.29) is 62.2 Å². The molecule has 4 N–H and O–H groups in total. The maximum atomic E-state index is 15.6. The van der Waals surface area contributed by atoms with Gasteiger partial charge in [-0.2, -0.15) is 0 Å². The molecule has 25 nitrogen and oxygen atoms in total. The fourth-order valence-electron chi connectivity index (χ4n) is 12.6. The second-order valence-corrected chi connectivity index (χ2v) is 28.6. The van der Waals surface area contributed by atoms with Crippen LogP contribution in [0.2, 0.25) is 0 Å². The largest absolute Gasteiger partial charge is 0.391 e. The summed E-state index contributed by atoms with van der Waals surface area (Å²) in [5.74, 6) is -9.15. The summed E-state index contributed by atoms with van der Waals surface area (Å²) >= 11 is 0. The van der Waals surface area contributed by atoms with E-state index in [2.05, 4.69) is 16.0 Å². The summed E-state index contributed by atoms with van der Waals surface area (Å²) in [7, 11) is 11.3. The molecule has 2 aliphatic heterocycles. The van der Waals surface area contributed by atoms with Crippen molar-refractivity contribution in [2.24, 2.45) is 23.7 Å². The average molecular weight is 1360 g/mol. The first kappa shape index (κ1) is 81.5. The molecule has 2 saturated heterocycles. The molecular weight excluding hydrogens is 1240 g/mol. The Morgan fingerprint density at radius 3 is 1.21 bits per heavy atom. The van der Waals surface area contributed by atoms with Crippen molar-refractivity contribution in [1.29, 1.82) is 0 Å². The maximum Gasteiger partial charge on any atom is 0.248 e. The van der Waals surface area contributed by atoms with Crippen LogP contribution in [0.3, 0.4) is 0 Å². The number of hydrogen-bond donors (Lipinski definition) is 4. The summed E-state index contributed by atoms with van der Waals surface area (Å²) in [6.07, 6.45) is 0.345. The molecule has 0 saturated carbocycles. The fraction of sp³-hybridized carbons (Fsp3) is 0.667. The quantitative estimate of drug-likeness (QED) is 0.211. The molecule has 0 bridgehead atoms. The molecule has 540 valence electrons. The van der Waals surface area contributed by atoms with Crippen molar-refractivity contribution in [3.63, 3.8) is 0 Å². The molecule has 25 heteroatoms. The van der Waals surface area contributed by atoms with Gasteiger partial charge in [-0.1, -0.05) is 116 Å². The monoisotopic (exact) mass is 1350 g/mol. The summed E-state index contributed by atoms with van der Waals surface area (Å²) in [5.41, 5.74) is 1.27. The average Bonchev–Trinajstić information content (AvgIpc) is 0.827. The normalized spacial score (nSPS) is 26.3. The minimum absolute atomic E-state index is 0.0530. The SMILES string of the molecule is CC(C)C[C@H]1C(=O)N(C)[C@@H](Cc2ccccc2)C(=O)N(C)[C@@H](Cc2ccccc2)C(=O)N[C@@H]([C@@H](C)O)C(=O)N(C)[C@@H](C)C(=O)N(C)[C@@H](CC(C)C)C(=O)N[C@H](C(=O)N2CCCCC2)CC(=O)N(C)[C@@H](C)C(=O)N(C)[C@@H](CC(C)C)C(=O)N(C)[C@@H](CC(C)C)C(=O)N[C@@H](C)C(=O)N1C. The number of nitrogens with one attached hydrogen (secondary N) is 3. The van der Waals surface area contributed by atoms with Crippen molar-refractivity contribution in [2.75, 3.05) is 69.5 Å². The molecule has 2 aliphatic rings. The number of likely N-dealkylation sites (N-methyl/N-ethyl adjacent to an activating group) is 8. The molecule has 12 amide bonds. The number of carbonyl (C=O) groups is 12. The third kappa shape index (κ3) is 22.0. The molecule has 2 aromatic carbocycles. The lowest BCUT2D eigenvalue weighted by Crippen LogP contribution is -2.62. The van der Waals surface area contributed by atoms with Crippen molar-refractivity contribution < 1.29 is 62.6 Å². The Kier molecular flexibility index (Phi) is 31.2. The van der Waals surface area contributed by atoms with Crippen LogP contribution in [0.25, 0.3) is 0 Å². The second kappa shape index (κ2) is 37.1. The molecule has 2 fully saturated rings. The third-order valence-corrected chi connectivity index (χ3v) is 19.0. The number of likely N-dealkylation sites (tertiary alicyclic amines) is 1. The van der Waals surface area contributed by atoms with E-state index >= 15 is 19.2 Å². The maximum absolute atomic E-state index is 15.6. The minimum Gasteiger partial charge on any atom is -0.391 e. The molecule has 97 heavy (non-hydrogen) atoms. The molecule has 2 heterocycles. The number of piperidine rings is 1. The Hall–Kier alpha value is -7.96. The van der Waals surface area contributed by atoms with Crippen molar-refractivity contribution in [2.45, 2.75) is 220 Å². The Labute approximate surface area is 576 Å². The topological polar surface area (TPSA) is 290 Å². The minimum atomic E-state index is -1.71. The highest BCUT2D eigenvalue weighted by Gasteiger charge is 2.45. The van der Waals surface area contributed by atoms with E-state index in [1.807, 2.05) is 55.4 Å². The summed E-state index contributed by atoms with van der Waals surface area (Å²) in [6.45, 7) is 21.3. The first-order valence-electron chi connectivity index (χ1n) is 34.4. The summed E-state index contributed by atoms with van der Waals surface area (Å²) < 4.78 is 0. The highest BCUT2D eigenvalue weighted by Crippen LogP contribution is 2.25. The Balaban J connectivity index is 1.96. The lowest BCUT2D eigenvalue weighted by molar-refractivity contribution is -0.154. The smallest absolute Gasteiger partial charge is 0.248 e. The van der Waals surface area contributed by atoms with E-state index in [1.165, 1.54) is 109 Å². The van der Waals surface area contributed by atoms with Crippen LogP contribution in [0.1, 0.15) is 146 Å². The van der Waals surface area contributed by atoms with Crippen molar-refractivity contribution >= 4 is 70.9 Å². The van der Waals surface area contributed by atoms with Gasteiger partial charge in [-0.3, -0.25) is 57.5 Å². The van der Waals surface area contributed by atoms with Gasteiger partial charge in [0.25, 0.3) is 0 Å². The number of rotatable bonds is 14. The van der Waals surface area contributed by atoms with Crippen LogP contribution >= 0.6 is 0 Å². The highest BCUT2D eigenvalue weighted by molar-refractivity contribution is 6.00. The Morgan fingerprint density at radius 2 is 0.763 bits per heavy atom. The molecule has 0 spiro atoms. The summed E-state index contributed by atoms with van der Waals surface area (Å²) in [5, 5.41) is 19.7. The predicted octanol–water partition coefficient (Wildman–Crippen LogP) is 3.58. The van der Waals surface area contributed by atoms with Gasteiger partial charge in [0.05, 0.1) is 12.5 Å². The number of hydrogen-bond acceptors (Lipinski definition) is 13. The van der Waals surface area contributed by atoms with Crippen molar-refractivity contribution in [3.05, 3.63) is 71.8 Å². The zero-order chi connectivity index (χ0) is 73.2. The first-order valence-corrected chi connectivity index (χ1v) is 34.4. The molecular formula is C72H114N12O13. The molecule has 12 atom stereocenters. The summed E-state index contributed by atoms with van der Waals surface area (Å²) in [4.78, 5) is 190. The number of amides is 12. The predicted molar refractivity (Wildman–Crippen MR) is 370 cm³/mol. The standard InChI is InChI=1S/C72H114N12O13/c1-43(2)36-54-62(87)73-47(9)65(90)81(18)57(38-45(5)6)70(95)83(20)59(41-52-32-26-22-27-33-52)71(96)80(17)56(40-51-30-24-21-25-31-51)64(89)75-61(50(12)85)72(97)77(14)49(11)67(92)78(15)55(37-44(3)4)63(88)74-53(68(93)84-34-28-23-29-35-84)42-60(86)76(13)48(10)66(91)82(19)58(39-46(7)8)69(94)79(54)16/h21-22,24-27,30-33,43-50,53-59,61,85H,23,28-29,34-42H2,1-20H3,(H,73,87)(H,74,88)(H,75,89)/t47-,48-,49-,50+,53-,54-,55-,56-,57-,58-,59-,61-/m0/s1. The zero-order valence-corrected chi connectivity index (χ0v) is 61.4. The zero-order valence-electron chi connectivity index (χ0n) is 61.4. The van der Waals surface area contributed by atoms with Crippen LogP contribution in [0.5, 0.6) is 0 Å². The van der Waals surface area contributed by atoms with Gasteiger partial charge >= 0.3 is 0 Å². The van der Waals surface area contributed by atoms with Gasteiger partial charge in [0.15, 0.2) is 0 Å². The molecule has 0 unspecified atom stereocenters. The van der Waals surface area contributed by atoms with E-state index in [0.717, 1.165) is 21.1 Å². The number of aliphatic hydroxyl groups excluding tert-OH is 1. The molecule has 0 aliphatic carbocycles. The summed E-state index contributed by atoms with van der Waals surface area (Å²) in [6, 6.07) is 3.16.